The van der Waals surface area contributed by atoms with Crippen molar-refractivity contribution in [3.63, 3.8) is 0 Å². The number of fused-ring (bicyclic) bond motifs is 1. The molecular formula is C16H24N2. The lowest BCUT2D eigenvalue weighted by molar-refractivity contribution is 0.274. The second-order valence-corrected chi connectivity index (χ2v) is 5.16. The highest BCUT2D eigenvalue weighted by molar-refractivity contribution is 5.29. The summed E-state index contributed by atoms with van der Waals surface area (Å²) in [5, 5.41) is 3.42. The summed E-state index contributed by atoms with van der Waals surface area (Å²) in [5.74, 6) is 0. The van der Waals surface area contributed by atoms with Crippen molar-refractivity contribution in [2.24, 2.45) is 0 Å². The monoisotopic (exact) mass is 244 g/mol. The molecule has 0 bridgehead atoms. The first-order chi connectivity index (χ1) is 8.79. The summed E-state index contributed by atoms with van der Waals surface area (Å²) < 4.78 is 0. The van der Waals surface area contributed by atoms with E-state index in [1.54, 1.807) is 0 Å². The predicted octanol–water partition coefficient (Wildman–Crippen LogP) is 2.60. The molecule has 0 aromatic heterocycles. The van der Waals surface area contributed by atoms with Gasteiger partial charge in [0.15, 0.2) is 0 Å². The second-order valence-electron chi connectivity index (χ2n) is 5.16. The molecule has 2 rings (SSSR count). The topological polar surface area (TPSA) is 15.3 Å². The van der Waals surface area contributed by atoms with Crippen LogP contribution in [0.4, 0.5) is 0 Å². The van der Waals surface area contributed by atoms with Gasteiger partial charge in [-0.1, -0.05) is 37.8 Å². The highest BCUT2D eigenvalue weighted by Crippen LogP contribution is 2.18. The van der Waals surface area contributed by atoms with E-state index in [2.05, 4.69) is 48.0 Å². The average molecular weight is 244 g/mol. The van der Waals surface area contributed by atoms with Crippen LogP contribution in [0.15, 0.2) is 36.4 Å². The first-order valence-electron chi connectivity index (χ1n) is 6.96. The van der Waals surface area contributed by atoms with Gasteiger partial charge in [0.25, 0.3) is 0 Å². The fourth-order valence-electron chi connectivity index (χ4n) is 2.50. The Bertz CT molecular complexity index is 398. The number of benzene rings is 1. The molecule has 0 amide bonds. The lowest BCUT2D eigenvalue weighted by Crippen LogP contribution is -2.33. The van der Waals surface area contributed by atoms with Crippen LogP contribution in [0.3, 0.4) is 0 Å². The maximum absolute atomic E-state index is 4.17. The summed E-state index contributed by atoms with van der Waals surface area (Å²) in [4.78, 5) is 2.50. The zero-order chi connectivity index (χ0) is 12.8. The van der Waals surface area contributed by atoms with Gasteiger partial charge in [0, 0.05) is 26.2 Å². The van der Waals surface area contributed by atoms with Crippen molar-refractivity contribution in [1.29, 1.82) is 0 Å². The molecule has 0 aliphatic carbocycles. The predicted molar refractivity (Wildman–Crippen MR) is 77.7 cm³/mol. The molecule has 1 aromatic rings. The van der Waals surface area contributed by atoms with Crippen LogP contribution in [0.1, 0.15) is 24.5 Å². The summed E-state index contributed by atoms with van der Waals surface area (Å²) in [6, 6.07) is 8.78. The second kappa shape index (κ2) is 6.72. The molecule has 0 spiro atoms. The Morgan fingerprint density at radius 2 is 2.11 bits per heavy atom. The minimum Gasteiger partial charge on any atom is -0.313 e. The third-order valence-electron chi connectivity index (χ3n) is 3.46. The summed E-state index contributed by atoms with van der Waals surface area (Å²) in [6.07, 6.45) is 2.36. The van der Waals surface area contributed by atoms with Gasteiger partial charge in [-0.2, -0.15) is 0 Å². The molecular weight excluding hydrogens is 220 g/mol. The minimum atomic E-state index is 0.950. The molecule has 0 unspecified atom stereocenters. The van der Waals surface area contributed by atoms with E-state index in [1.807, 2.05) is 0 Å². The maximum Gasteiger partial charge on any atom is 0.0240 e. The van der Waals surface area contributed by atoms with Crippen LogP contribution >= 0.6 is 0 Å². The van der Waals surface area contributed by atoms with Crippen molar-refractivity contribution in [1.82, 2.24) is 10.2 Å². The number of rotatable bonds is 6. The molecule has 0 saturated heterocycles. The van der Waals surface area contributed by atoms with Gasteiger partial charge in [0.05, 0.1) is 0 Å². The fraction of sp³-hybridized carbons (Fsp3) is 0.500. The molecule has 1 aliphatic heterocycles. The molecule has 2 heteroatoms. The average Bonchev–Trinajstić information content (AvgIpc) is 2.39. The minimum absolute atomic E-state index is 0.950. The van der Waals surface area contributed by atoms with Gasteiger partial charge in [-0.15, -0.1) is 0 Å². The van der Waals surface area contributed by atoms with E-state index < -0.39 is 0 Å². The standard InChI is InChI=1S/C16H24N2/c1-3-9-17-11-14(2)12-18-10-8-15-6-4-5-7-16(15)13-18/h4-7,17H,2-3,8-13H2,1H3. The Balaban J connectivity index is 1.80. The quantitative estimate of drug-likeness (QED) is 0.611. The van der Waals surface area contributed by atoms with E-state index in [1.165, 1.54) is 29.5 Å². The Labute approximate surface area is 111 Å². The molecule has 0 fully saturated rings. The highest BCUT2D eigenvalue weighted by atomic mass is 15.1. The van der Waals surface area contributed by atoms with Crippen molar-refractivity contribution in [2.75, 3.05) is 26.2 Å². The number of nitrogens with zero attached hydrogens (tertiary/aromatic N) is 1. The first kappa shape index (κ1) is 13.3. The van der Waals surface area contributed by atoms with Crippen molar-refractivity contribution in [2.45, 2.75) is 26.3 Å². The van der Waals surface area contributed by atoms with E-state index in [4.69, 9.17) is 0 Å². The molecule has 1 aromatic carbocycles. The molecule has 0 saturated carbocycles. The largest absolute Gasteiger partial charge is 0.313 e. The fourth-order valence-corrected chi connectivity index (χ4v) is 2.50. The molecule has 1 aliphatic rings. The summed E-state index contributed by atoms with van der Waals surface area (Å²) >= 11 is 0. The molecule has 18 heavy (non-hydrogen) atoms. The van der Waals surface area contributed by atoms with Gasteiger partial charge in [-0.3, -0.25) is 4.90 Å². The van der Waals surface area contributed by atoms with E-state index in [-0.39, 0.29) is 0 Å². The Morgan fingerprint density at radius 3 is 2.89 bits per heavy atom. The molecule has 98 valence electrons. The van der Waals surface area contributed by atoms with Crippen LogP contribution in [0.25, 0.3) is 0 Å². The number of hydrogen-bond acceptors (Lipinski definition) is 2. The van der Waals surface area contributed by atoms with Gasteiger partial charge in [-0.25, -0.2) is 0 Å². The van der Waals surface area contributed by atoms with Crippen molar-refractivity contribution >= 4 is 0 Å². The van der Waals surface area contributed by atoms with Gasteiger partial charge in [0.1, 0.15) is 0 Å². The van der Waals surface area contributed by atoms with E-state index in [0.717, 1.165) is 32.7 Å². The molecule has 1 N–H and O–H groups in total. The van der Waals surface area contributed by atoms with Crippen LogP contribution in [-0.2, 0) is 13.0 Å². The Morgan fingerprint density at radius 1 is 1.33 bits per heavy atom. The summed E-state index contributed by atoms with van der Waals surface area (Å²) in [5.41, 5.74) is 4.30. The highest BCUT2D eigenvalue weighted by Gasteiger charge is 2.15. The van der Waals surface area contributed by atoms with Crippen molar-refractivity contribution < 1.29 is 0 Å². The number of nitrogens with one attached hydrogen (secondary N) is 1. The zero-order valence-corrected chi connectivity index (χ0v) is 11.4. The van der Waals surface area contributed by atoms with E-state index in [0.29, 0.717) is 0 Å². The van der Waals surface area contributed by atoms with Gasteiger partial charge in [-0.05, 0) is 36.1 Å². The molecule has 1 heterocycles. The van der Waals surface area contributed by atoms with Crippen LogP contribution in [0.2, 0.25) is 0 Å². The van der Waals surface area contributed by atoms with Crippen LogP contribution in [0.5, 0.6) is 0 Å². The van der Waals surface area contributed by atoms with Crippen LogP contribution in [-0.4, -0.2) is 31.1 Å². The van der Waals surface area contributed by atoms with Gasteiger partial charge < -0.3 is 5.32 Å². The van der Waals surface area contributed by atoms with E-state index >= 15 is 0 Å². The smallest absolute Gasteiger partial charge is 0.0240 e. The Hall–Kier alpha value is -1.12. The number of hydrogen-bond donors (Lipinski definition) is 1. The van der Waals surface area contributed by atoms with Crippen molar-refractivity contribution in [3.05, 3.63) is 47.5 Å². The zero-order valence-electron chi connectivity index (χ0n) is 11.4. The normalized spacial score (nSPS) is 15.4. The third kappa shape index (κ3) is 3.69. The third-order valence-corrected chi connectivity index (χ3v) is 3.46. The van der Waals surface area contributed by atoms with Gasteiger partial charge >= 0.3 is 0 Å². The van der Waals surface area contributed by atoms with Crippen LogP contribution < -0.4 is 5.32 Å². The van der Waals surface area contributed by atoms with Gasteiger partial charge in [0.2, 0.25) is 0 Å². The molecule has 0 atom stereocenters. The molecule has 2 nitrogen and oxygen atoms in total. The van der Waals surface area contributed by atoms with Crippen molar-refractivity contribution in [3.8, 4) is 0 Å². The maximum atomic E-state index is 4.17. The lowest BCUT2D eigenvalue weighted by Gasteiger charge is -2.29. The SMILES string of the molecule is C=C(CNCCC)CN1CCc2ccccc2C1. The summed E-state index contributed by atoms with van der Waals surface area (Å²) in [7, 11) is 0. The van der Waals surface area contributed by atoms with Crippen LogP contribution in [0, 0.1) is 0 Å². The Kier molecular flexibility index (Phi) is 4.97. The first-order valence-corrected chi connectivity index (χ1v) is 6.96. The molecule has 0 radical (unpaired) electrons. The summed E-state index contributed by atoms with van der Waals surface area (Å²) in [6.45, 7) is 11.6. The van der Waals surface area contributed by atoms with E-state index in [9.17, 15) is 0 Å². The lowest BCUT2D eigenvalue weighted by atomic mass is 9.99.